The molecule has 0 N–H and O–H groups in total. The van der Waals surface area contributed by atoms with Gasteiger partial charge < -0.3 is 9.07 Å². The molecule has 0 unspecified atom stereocenters. The average Bonchev–Trinajstić information content (AvgIpc) is 2.05. The third-order valence-electron chi connectivity index (χ3n) is 1.34. The summed E-state index contributed by atoms with van der Waals surface area (Å²) in [6, 6.07) is 8.19. The van der Waals surface area contributed by atoms with Crippen LogP contribution >= 0.6 is 9.07 Å². The Morgan fingerprint density at radius 1 is 1.50 bits per heavy atom. The van der Waals surface area contributed by atoms with E-state index in [1.807, 2.05) is 18.2 Å². The minimum atomic E-state index is -0.515. The summed E-state index contributed by atoms with van der Waals surface area (Å²) < 4.78 is 1.28. The second-order valence-corrected chi connectivity index (χ2v) is 3.97. The highest BCUT2D eigenvalue weighted by molar-refractivity contribution is 7.01. The van der Waals surface area contributed by atoms with Gasteiger partial charge in [0, 0.05) is 0 Å². The molecule has 0 radical (unpaired) electrons. The van der Waals surface area contributed by atoms with Crippen molar-refractivity contribution >= 4 is 38.1 Å². The van der Waals surface area contributed by atoms with E-state index < -0.39 is 19.3 Å². The van der Waals surface area contributed by atoms with Gasteiger partial charge in [-0.3, -0.25) is 0 Å². The van der Waals surface area contributed by atoms with Crippen LogP contribution in [0.25, 0.3) is 6.08 Å². The van der Waals surface area contributed by atoms with E-state index in [1.165, 1.54) is 3.69 Å². The van der Waals surface area contributed by atoms with Crippen molar-refractivity contribution < 1.29 is 0 Å². The molecular weight excluding hydrogens is 156 g/mol. The molecule has 0 heterocycles. The van der Waals surface area contributed by atoms with E-state index in [1.54, 1.807) is 0 Å². The van der Waals surface area contributed by atoms with Crippen molar-refractivity contribution in [2.24, 2.45) is 0 Å². The Bertz CT molecular complexity index is 232. The van der Waals surface area contributed by atoms with Crippen molar-refractivity contribution in [3.63, 3.8) is 0 Å². The predicted molar refractivity (Wildman–Crippen MR) is 47.8 cm³/mol. The predicted octanol–water partition coefficient (Wildman–Crippen LogP) is 1.81. The maximum atomic E-state index is 5.76. The Labute approximate surface area is 74.4 Å². The fourth-order valence-corrected chi connectivity index (χ4v) is 1.84. The molecule has 0 saturated carbocycles. The van der Waals surface area contributed by atoms with E-state index in [0.717, 1.165) is 5.56 Å². The normalized spacial score (nSPS) is 8.50. The lowest BCUT2D eigenvalue weighted by molar-refractivity contribution is 1.71. The SMILES string of the molecule is C=Cc1ccc[c]([Mg][Cl])c1. The molecule has 48 valence electrons. The second kappa shape index (κ2) is 4.01. The molecule has 1 aromatic carbocycles. The van der Waals surface area contributed by atoms with Gasteiger partial charge in [-0.15, -0.1) is 3.69 Å². The maximum Gasteiger partial charge on any atom is 0.538 e. The highest BCUT2D eigenvalue weighted by atomic mass is 35.5. The van der Waals surface area contributed by atoms with Gasteiger partial charge >= 0.3 is 19.3 Å². The summed E-state index contributed by atoms with van der Waals surface area (Å²) in [6.45, 7) is 3.68. The van der Waals surface area contributed by atoms with Crippen molar-refractivity contribution in [1.29, 1.82) is 0 Å². The molecule has 0 aromatic heterocycles. The fourth-order valence-electron chi connectivity index (χ4n) is 0.803. The quantitative estimate of drug-likeness (QED) is 0.583. The van der Waals surface area contributed by atoms with Crippen LogP contribution in [0.2, 0.25) is 0 Å². The van der Waals surface area contributed by atoms with Crippen molar-refractivity contribution in [3.8, 4) is 0 Å². The molecule has 0 nitrogen and oxygen atoms in total. The first-order valence-electron chi connectivity index (χ1n) is 3.14. The van der Waals surface area contributed by atoms with Crippen molar-refractivity contribution in [3.05, 3.63) is 36.4 Å². The monoisotopic (exact) mass is 162 g/mol. The minimum absolute atomic E-state index is 0.515. The van der Waals surface area contributed by atoms with Crippen LogP contribution < -0.4 is 3.69 Å². The molecule has 0 amide bonds. The summed E-state index contributed by atoms with van der Waals surface area (Å²) in [6.07, 6.45) is 1.84. The van der Waals surface area contributed by atoms with E-state index in [9.17, 15) is 0 Å². The molecule has 0 atom stereocenters. The van der Waals surface area contributed by atoms with Gasteiger partial charge in [0.25, 0.3) is 0 Å². The first kappa shape index (κ1) is 8.12. The maximum absolute atomic E-state index is 5.76. The van der Waals surface area contributed by atoms with E-state index in [2.05, 4.69) is 18.7 Å². The topological polar surface area (TPSA) is 0 Å². The molecule has 1 rings (SSSR count). The molecule has 0 spiro atoms. The molecule has 0 fully saturated rings. The summed E-state index contributed by atoms with van der Waals surface area (Å²) in [4.78, 5) is 0. The zero-order valence-electron chi connectivity index (χ0n) is 5.68. The van der Waals surface area contributed by atoms with Gasteiger partial charge in [0.1, 0.15) is 0 Å². The Morgan fingerprint density at radius 3 is 2.90 bits per heavy atom. The zero-order valence-corrected chi connectivity index (χ0v) is 7.85. The largest absolute Gasteiger partial charge is 0.538 e. The first-order valence-corrected chi connectivity index (χ1v) is 5.98. The smallest absolute Gasteiger partial charge is 0.336 e. The summed E-state index contributed by atoms with van der Waals surface area (Å²) in [7, 11) is 5.76. The lowest BCUT2D eigenvalue weighted by Crippen LogP contribution is -2.07. The third-order valence-corrected chi connectivity index (χ3v) is 3.02. The molecule has 0 saturated heterocycles. The first-order chi connectivity index (χ1) is 4.86. The zero-order chi connectivity index (χ0) is 7.40. The fraction of sp³-hybridized carbons (Fsp3) is 0. The van der Waals surface area contributed by atoms with Gasteiger partial charge in [0.2, 0.25) is 0 Å². The van der Waals surface area contributed by atoms with Gasteiger partial charge in [-0.1, -0.05) is 36.9 Å². The number of hydrogen-bond acceptors (Lipinski definition) is 0. The molecule has 0 bridgehead atoms. The van der Waals surface area contributed by atoms with Crippen LogP contribution in [0.1, 0.15) is 5.56 Å². The van der Waals surface area contributed by atoms with Crippen molar-refractivity contribution in [2.45, 2.75) is 0 Å². The molecule has 1 aromatic rings. The number of halogens is 1. The van der Waals surface area contributed by atoms with Crippen LogP contribution in [0.3, 0.4) is 0 Å². The van der Waals surface area contributed by atoms with E-state index in [0.29, 0.717) is 0 Å². The van der Waals surface area contributed by atoms with E-state index in [4.69, 9.17) is 9.07 Å². The minimum Gasteiger partial charge on any atom is -0.336 e. The highest BCUT2D eigenvalue weighted by Gasteiger charge is 1.93. The summed E-state index contributed by atoms with van der Waals surface area (Å²) in [5.41, 5.74) is 1.16. The number of benzene rings is 1. The molecule has 0 aliphatic heterocycles. The summed E-state index contributed by atoms with van der Waals surface area (Å²) in [5, 5.41) is 0. The van der Waals surface area contributed by atoms with Gasteiger partial charge in [0.05, 0.1) is 0 Å². The lowest BCUT2D eigenvalue weighted by atomic mass is 10.2. The van der Waals surface area contributed by atoms with Crippen LogP contribution in [0, 0.1) is 0 Å². The van der Waals surface area contributed by atoms with Crippen LogP contribution in [0.5, 0.6) is 0 Å². The van der Waals surface area contributed by atoms with Crippen molar-refractivity contribution in [1.82, 2.24) is 0 Å². The Hall–Kier alpha value is 0.0162. The molecule has 2 heteroatoms. The summed E-state index contributed by atoms with van der Waals surface area (Å²) in [5.74, 6) is 0. The Balaban J connectivity index is 2.98. The third kappa shape index (κ3) is 2.01. The van der Waals surface area contributed by atoms with E-state index >= 15 is 0 Å². The number of hydrogen-bond donors (Lipinski definition) is 0. The van der Waals surface area contributed by atoms with Gasteiger partial charge in [0.15, 0.2) is 0 Å². The lowest BCUT2D eigenvalue weighted by Gasteiger charge is -1.95. The highest BCUT2D eigenvalue weighted by Crippen LogP contribution is 1.97. The molecule has 0 aliphatic rings. The van der Waals surface area contributed by atoms with Gasteiger partial charge in [-0.05, 0) is 5.56 Å². The van der Waals surface area contributed by atoms with Gasteiger partial charge in [-0.2, -0.15) is 0 Å². The van der Waals surface area contributed by atoms with Crippen LogP contribution in [0.4, 0.5) is 0 Å². The average molecular weight is 163 g/mol. The Kier molecular flexibility index (Phi) is 3.26. The Morgan fingerprint density at radius 2 is 2.30 bits per heavy atom. The molecule has 10 heavy (non-hydrogen) atoms. The number of rotatable bonds is 2. The summed E-state index contributed by atoms with van der Waals surface area (Å²) >= 11 is -0.515. The van der Waals surface area contributed by atoms with Gasteiger partial charge in [-0.25, -0.2) is 0 Å². The molecular formula is C8H7ClMg. The molecule has 0 aliphatic carbocycles. The van der Waals surface area contributed by atoms with Crippen molar-refractivity contribution in [2.75, 3.05) is 0 Å². The van der Waals surface area contributed by atoms with Crippen LogP contribution in [0.15, 0.2) is 30.8 Å². The van der Waals surface area contributed by atoms with Crippen LogP contribution in [-0.2, 0) is 0 Å². The van der Waals surface area contributed by atoms with Crippen LogP contribution in [-0.4, -0.2) is 19.3 Å². The van der Waals surface area contributed by atoms with E-state index in [-0.39, 0.29) is 0 Å². The standard InChI is InChI=1S/C8H7.ClH.Mg/c1-2-8-6-4-3-5-7-8;;/h2-4,6-7H,1H2;1H;/q;;+1/p-1. The second-order valence-electron chi connectivity index (χ2n) is 2.08.